The molecule has 1 fully saturated rings. The van der Waals surface area contributed by atoms with Crippen LogP contribution < -0.4 is 0 Å². The first-order valence-corrected chi connectivity index (χ1v) is 6.05. The Balaban J connectivity index is 2.11. The third kappa shape index (κ3) is 2.36. The summed E-state index contributed by atoms with van der Waals surface area (Å²) in [6.07, 6.45) is 1.18. The number of benzene rings is 1. The molecule has 1 radical (unpaired) electrons. The lowest BCUT2D eigenvalue weighted by atomic mass is 10.0. The molecule has 0 amide bonds. The predicted octanol–water partition coefficient (Wildman–Crippen LogP) is 3.32. The summed E-state index contributed by atoms with van der Waals surface area (Å²) in [7, 11) is 0. The lowest BCUT2D eigenvalue weighted by Crippen LogP contribution is -2.36. The van der Waals surface area contributed by atoms with Crippen molar-refractivity contribution in [3.8, 4) is 0 Å². The minimum Gasteiger partial charge on any atom is -0.215 e. The second kappa shape index (κ2) is 4.16. The fourth-order valence-electron chi connectivity index (χ4n) is 1.87. The van der Waals surface area contributed by atoms with Crippen molar-refractivity contribution in [2.75, 3.05) is 0 Å². The Hall–Kier alpha value is -0.510. The average Bonchev–Trinajstić information content (AvgIpc) is 2.47. The Morgan fingerprint density at radius 1 is 1.33 bits per heavy atom. The average molecular weight is 222 g/mol. The van der Waals surface area contributed by atoms with Gasteiger partial charge in [-0.15, -0.1) is 0 Å². The predicted molar refractivity (Wildman–Crippen MR) is 61.9 cm³/mol. The number of rotatable bonds is 2. The molecule has 0 aliphatic carbocycles. The zero-order valence-electron chi connectivity index (χ0n) is 9.14. The molecule has 2 rings (SSSR count). The molecule has 0 N–H and O–H groups in total. The van der Waals surface area contributed by atoms with Crippen LogP contribution in [0.15, 0.2) is 35.2 Å². The van der Waals surface area contributed by atoms with E-state index in [1.165, 1.54) is 0 Å². The third-order valence-electron chi connectivity index (χ3n) is 2.81. The van der Waals surface area contributed by atoms with Gasteiger partial charge in [0.05, 0.1) is 0 Å². The van der Waals surface area contributed by atoms with E-state index in [9.17, 15) is 5.11 Å². The quantitative estimate of drug-likeness (QED) is 0.716. The van der Waals surface area contributed by atoms with Crippen molar-refractivity contribution >= 4 is 11.9 Å². The molecule has 0 spiro atoms. The molecule has 1 saturated heterocycles. The highest BCUT2D eigenvalue weighted by atomic mass is 32.2. The fourth-order valence-corrected chi connectivity index (χ4v) is 2.94. The van der Waals surface area contributed by atoms with E-state index in [0.717, 1.165) is 17.7 Å². The molecule has 0 bridgehead atoms. The molecule has 1 heterocycles. The Labute approximate surface area is 95.4 Å². The maximum atomic E-state index is 11.8. The third-order valence-corrected chi connectivity index (χ3v) is 4.22. The molecular weight excluding hydrogens is 206 g/mol. The van der Waals surface area contributed by atoms with Crippen LogP contribution in [-0.2, 0) is 5.11 Å². The van der Waals surface area contributed by atoms with E-state index < -0.39 is 6.23 Å². The Kier molecular flexibility index (Phi) is 3.05. The second-order valence-corrected chi connectivity index (χ2v) is 5.58. The van der Waals surface area contributed by atoms with Gasteiger partial charge in [0.15, 0.2) is 6.23 Å². The van der Waals surface area contributed by atoms with E-state index in [-0.39, 0.29) is 5.54 Å². The summed E-state index contributed by atoms with van der Waals surface area (Å²) in [5.74, 6) is 0. The minimum absolute atomic E-state index is 0.0208. The van der Waals surface area contributed by atoms with Gasteiger partial charge in [-0.25, -0.2) is 9.41 Å². The van der Waals surface area contributed by atoms with E-state index in [4.69, 9.17) is 0 Å². The largest absolute Gasteiger partial charge is 0.215 e. The lowest BCUT2D eigenvalue weighted by Gasteiger charge is -2.31. The lowest BCUT2D eigenvalue weighted by molar-refractivity contribution is 0.00742. The summed E-state index contributed by atoms with van der Waals surface area (Å²) in [6.45, 7) is 4.28. The first-order chi connectivity index (χ1) is 7.09. The molecule has 1 aliphatic heterocycles. The Morgan fingerprint density at radius 2 is 2.00 bits per heavy atom. The van der Waals surface area contributed by atoms with Crippen molar-refractivity contribution in [2.24, 2.45) is 0 Å². The van der Waals surface area contributed by atoms with Crippen LogP contribution in [-0.4, -0.2) is 16.1 Å². The number of hydrogen-bond acceptors (Lipinski definition) is 2. The molecule has 3 heteroatoms. The zero-order chi connectivity index (χ0) is 10.9. The first-order valence-electron chi connectivity index (χ1n) is 5.28. The van der Waals surface area contributed by atoms with Gasteiger partial charge in [-0.05, 0) is 50.8 Å². The van der Waals surface area contributed by atoms with Crippen LogP contribution in [0.25, 0.3) is 0 Å². The summed E-state index contributed by atoms with van der Waals surface area (Å²) >= 11 is 1.59. The highest BCUT2D eigenvalue weighted by Crippen LogP contribution is 2.40. The van der Waals surface area contributed by atoms with Crippen molar-refractivity contribution in [3.05, 3.63) is 30.3 Å². The van der Waals surface area contributed by atoms with Crippen LogP contribution in [0.5, 0.6) is 0 Å². The van der Waals surface area contributed by atoms with Gasteiger partial charge in [0.1, 0.15) is 0 Å². The molecule has 1 atom stereocenters. The monoisotopic (exact) mass is 222 g/mol. The van der Waals surface area contributed by atoms with Crippen molar-refractivity contribution in [1.82, 2.24) is 4.31 Å². The Morgan fingerprint density at radius 3 is 2.53 bits per heavy atom. The molecule has 1 unspecified atom stereocenters. The van der Waals surface area contributed by atoms with Gasteiger partial charge in [-0.1, -0.05) is 18.2 Å². The smallest absolute Gasteiger partial charge is 0.155 e. The molecule has 2 nitrogen and oxygen atoms in total. The van der Waals surface area contributed by atoms with Crippen LogP contribution in [0.3, 0.4) is 0 Å². The molecule has 15 heavy (non-hydrogen) atoms. The van der Waals surface area contributed by atoms with Crippen LogP contribution in [0.1, 0.15) is 26.7 Å². The van der Waals surface area contributed by atoms with Gasteiger partial charge in [-0.2, -0.15) is 0 Å². The maximum absolute atomic E-state index is 11.8. The summed E-state index contributed by atoms with van der Waals surface area (Å²) in [6, 6.07) is 10.1. The van der Waals surface area contributed by atoms with E-state index in [1.54, 1.807) is 11.9 Å². The van der Waals surface area contributed by atoms with Crippen molar-refractivity contribution in [3.63, 3.8) is 0 Å². The van der Waals surface area contributed by atoms with E-state index in [1.807, 2.05) is 34.6 Å². The number of hydrogen-bond donors (Lipinski definition) is 0. The van der Waals surface area contributed by atoms with Gasteiger partial charge in [0.25, 0.3) is 0 Å². The van der Waals surface area contributed by atoms with Crippen LogP contribution in [0, 0.1) is 0 Å². The summed E-state index contributed by atoms with van der Waals surface area (Å²) in [4.78, 5) is 1.15. The molecule has 1 aromatic rings. The summed E-state index contributed by atoms with van der Waals surface area (Å²) < 4.78 is 1.99. The minimum atomic E-state index is -0.565. The van der Waals surface area contributed by atoms with Crippen LogP contribution in [0.4, 0.5) is 0 Å². The van der Waals surface area contributed by atoms with Gasteiger partial charge in [0, 0.05) is 10.4 Å². The molecule has 1 aliphatic rings. The van der Waals surface area contributed by atoms with Crippen molar-refractivity contribution in [1.29, 1.82) is 0 Å². The maximum Gasteiger partial charge on any atom is 0.155 e. The van der Waals surface area contributed by atoms with E-state index in [2.05, 4.69) is 13.8 Å². The molecule has 0 saturated carbocycles. The Bertz CT molecular complexity index is 326. The topological polar surface area (TPSA) is 23.1 Å². The highest BCUT2D eigenvalue weighted by Gasteiger charge is 2.40. The second-order valence-electron chi connectivity index (χ2n) is 4.54. The highest BCUT2D eigenvalue weighted by molar-refractivity contribution is 7.97. The molecule has 81 valence electrons. The van der Waals surface area contributed by atoms with Crippen LogP contribution in [0.2, 0.25) is 0 Å². The fraction of sp³-hybridized carbons (Fsp3) is 0.500. The standard InChI is InChI=1S/C12H16NOS/c1-12(2)9-8-11(14)13(12)15-10-6-4-3-5-7-10/h3-7,11H,8-9H2,1-2H3. The van der Waals surface area contributed by atoms with E-state index in [0.29, 0.717) is 0 Å². The zero-order valence-corrected chi connectivity index (χ0v) is 9.96. The summed E-state index contributed by atoms with van der Waals surface area (Å²) in [5, 5.41) is 11.8. The first kappa shape index (κ1) is 11.0. The van der Waals surface area contributed by atoms with Gasteiger partial charge >= 0.3 is 0 Å². The molecule has 0 aromatic heterocycles. The number of nitrogens with zero attached hydrogens (tertiary/aromatic N) is 1. The van der Waals surface area contributed by atoms with Crippen LogP contribution >= 0.6 is 11.9 Å². The van der Waals surface area contributed by atoms with Crippen molar-refractivity contribution < 1.29 is 5.11 Å². The summed E-state index contributed by atoms with van der Waals surface area (Å²) in [5.41, 5.74) is 0.0208. The SMILES string of the molecule is CC1(C)CCC([O])N1Sc1ccccc1. The van der Waals surface area contributed by atoms with Gasteiger partial charge < -0.3 is 0 Å². The van der Waals surface area contributed by atoms with E-state index >= 15 is 0 Å². The molecule has 1 aromatic carbocycles. The van der Waals surface area contributed by atoms with Crippen molar-refractivity contribution in [2.45, 2.75) is 43.4 Å². The normalized spacial score (nSPS) is 25.7. The van der Waals surface area contributed by atoms with Gasteiger partial charge in [0.2, 0.25) is 0 Å². The van der Waals surface area contributed by atoms with Gasteiger partial charge in [-0.3, -0.25) is 0 Å². The molecular formula is C12H16NOS.